The lowest BCUT2D eigenvalue weighted by molar-refractivity contribution is 0.190. The maximum atomic E-state index is 13.1. The van der Waals surface area contributed by atoms with Gasteiger partial charge in [-0.2, -0.15) is 0 Å². The Morgan fingerprint density at radius 3 is 2.57 bits per heavy atom. The molecule has 0 aliphatic heterocycles. The maximum Gasteiger partial charge on any atom is 0.129 e. The Kier molecular flexibility index (Phi) is 4.81. The molecule has 0 aliphatic rings. The van der Waals surface area contributed by atoms with Gasteiger partial charge in [-0.25, -0.2) is 4.39 Å². The summed E-state index contributed by atoms with van der Waals surface area (Å²) >= 11 is 0. The minimum atomic E-state index is -0.639. The lowest BCUT2D eigenvalue weighted by Crippen LogP contribution is -2.03. The van der Waals surface area contributed by atoms with Crippen molar-refractivity contribution in [1.82, 2.24) is 0 Å². The highest BCUT2D eigenvalue weighted by atomic mass is 19.1. The summed E-state index contributed by atoms with van der Waals surface area (Å²) < 4.78 is 24.0. The molecule has 0 saturated heterocycles. The quantitative estimate of drug-likeness (QED) is 0.911. The van der Waals surface area contributed by atoms with Crippen LogP contribution in [0.1, 0.15) is 29.7 Å². The van der Waals surface area contributed by atoms with Crippen LogP contribution in [0, 0.1) is 12.7 Å². The van der Waals surface area contributed by atoms with E-state index in [4.69, 9.17) is 9.47 Å². The fourth-order valence-electron chi connectivity index (χ4n) is 2.09. The first-order chi connectivity index (χ1) is 10.0. The highest BCUT2D eigenvalue weighted by Crippen LogP contribution is 2.30. The minimum absolute atomic E-state index is 0.262. The number of hydrogen-bond acceptors (Lipinski definition) is 3. The zero-order chi connectivity index (χ0) is 15.4. The third kappa shape index (κ3) is 3.73. The Bertz CT molecular complexity index is 623. The number of halogens is 1. The Balaban J connectivity index is 2.22. The molecule has 4 heteroatoms. The average molecular weight is 290 g/mol. The predicted octanol–water partition coefficient (Wildman–Crippen LogP) is 3.78. The van der Waals surface area contributed by atoms with E-state index in [1.54, 1.807) is 38.3 Å². The molecule has 0 aliphatic carbocycles. The molecule has 1 N–H and O–H groups in total. The van der Waals surface area contributed by atoms with Crippen molar-refractivity contribution in [2.75, 3.05) is 7.11 Å². The molecule has 0 aromatic heterocycles. The van der Waals surface area contributed by atoms with Crippen LogP contribution < -0.4 is 9.47 Å². The van der Waals surface area contributed by atoms with E-state index in [0.29, 0.717) is 23.7 Å². The minimum Gasteiger partial charge on any atom is -0.497 e. The van der Waals surface area contributed by atoms with E-state index in [9.17, 15) is 9.50 Å². The van der Waals surface area contributed by atoms with Gasteiger partial charge in [0.2, 0.25) is 0 Å². The molecular weight excluding hydrogens is 271 g/mol. The molecule has 0 fully saturated rings. The zero-order valence-electron chi connectivity index (χ0n) is 12.4. The normalized spacial score (nSPS) is 12.0. The van der Waals surface area contributed by atoms with Crippen LogP contribution in [0.5, 0.6) is 11.5 Å². The van der Waals surface area contributed by atoms with E-state index in [2.05, 4.69) is 0 Å². The number of aryl methyl sites for hydroxylation is 1. The summed E-state index contributed by atoms with van der Waals surface area (Å²) in [6.07, 6.45) is -0.639. The molecule has 112 valence electrons. The molecule has 1 unspecified atom stereocenters. The number of aliphatic hydroxyl groups excluding tert-OH is 1. The summed E-state index contributed by atoms with van der Waals surface area (Å²) in [6.45, 7) is 3.82. The molecule has 0 saturated carbocycles. The van der Waals surface area contributed by atoms with Crippen molar-refractivity contribution in [1.29, 1.82) is 0 Å². The molecular formula is C17H19FO3. The van der Waals surface area contributed by atoms with E-state index in [1.165, 1.54) is 12.1 Å². The highest BCUT2D eigenvalue weighted by Gasteiger charge is 2.11. The van der Waals surface area contributed by atoms with Crippen LogP contribution in [0.3, 0.4) is 0 Å². The van der Waals surface area contributed by atoms with Crippen molar-refractivity contribution in [3.8, 4) is 11.5 Å². The van der Waals surface area contributed by atoms with Gasteiger partial charge in [-0.1, -0.05) is 6.07 Å². The van der Waals surface area contributed by atoms with Crippen molar-refractivity contribution >= 4 is 0 Å². The lowest BCUT2D eigenvalue weighted by Gasteiger charge is -2.15. The van der Waals surface area contributed by atoms with Crippen LogP contribution in [0.15, 0.2) is 36.4 Å². The van der Waals surface area contributed by atoms with Crippen molar-refractivity contribution < 1.29 is 19.0 Å². The standard InChI is InChI=1S/C17H19FO3/c1-11-8-14(18)5-4-13(11)10-21-17-9-15(20-3)6-7-16(17)12(2)19/h4-9,12,19H,10H2,1-3H3. The molecule has 2 aromatic carbocycles. The van der Waals surface area contributed by atoms with Gasteiger partial charge in [-0.05, 0) is 49.2 Å². The van der Waals surface area contributed by atoms with Gasteiger partial charge in [0, 0.05) is 11.6 Å². The molecule has 2 rings (SSSR count). The highest BCUT2D eigenvalue weighted by molar-refractivity contribution is 5.42. The molecule has 0 heterocycles. The smallest absolute Gasteiger partial charge is 0.129 e. The number of ether oxygens (including phenoxy) is 2. The first-order valence-corrected chi connectivity index (χ1v) is 6.75. The van der Waals surface area contributed by atoms with Gasteiger partial charge in [0.25, 0.3) is 0 Å². The first-order valence-electron chi connectivity index (χ1n) is 6.75. The summed E-state index contributed by atoms with van der Waals surface area (Å²) in [5.74, 6) is 0.959. The van der Waals surface area contributed by atoms with Gasteiger partial charge in [0.15, 0.2) is 0 Å². The second-order valence-corrected chi connectivity index (χ2v) is 4.94. The number of hydrogen-bond donors (Lipinski definition) is 1. The summed E-state index contributed by atoms with van der Waals surface area (Å²) in [6, 6.07) is 9.87. The monoisotopic (exact) mass is 290 g/mol. The fraction of sp³-hybridized carbons (Fsp3) is 0.294. The molecule has 21 heavy (non-hydrogen) atoms. The van der Waals surface area contributed by atoms with E-state index >= 15 is 0 Å². The predicted molar refractivity (Wildman–Crippen MR) is 79.1 cm³/mol. The average Bonchev–Trinajstić information content (AvgIpc) is 2.45. The molecule has 1 atom stereocenters. The van der Waals surface area contributed by atoms with Gasteiger partial charge in [-0.15, -0.1) is 0 Å². The molecule has 0 bridgehead atoms. The number of methoxy groups -OCH3 is 1. The van der Waals surface area contributed by atoms with Crippen molar-refractivity contribution in [3.63, 3.8) is 0 Å². The third-order valence-corrected chi connectivity index (χ3v) is 3.36. The molecule has 0 spiro atoms. The van der Waals surface area contributed by atoms with Crippen LogP contribution in [0.4, 0.5) is 4.39 Å². The van der Waals surface area contributed by atoms with Gasteiger partial charge in [0.05, 0.1) is 13.2 Å². The molecule has 0 amide bonds. The SMILES string of the molecule is COc1ccc(C(C)O)c(OCc2ccc(F)cc2C)c1. The topological polar surface area (TPSA) is 38.7 Å². The zero-order valence-corrected chi connectivity index (χ0v) is 12.4. The number of benzene rings is 2. The largest absolute Gasteiger partial charge is 0.497 e. The summed E-state index contributed by atoms with van der Waals surface area (Å²) in [5.41, 5.74) is 2.42. The van der Waals surface area contributed by atoms with Crippen molar-refractivity contribution in [2.24, 2.45) is 0 Å². The Labute approximate surface area is 124 Å². The molecule has 3 nitrogen and oxygen atoms in total. The first kappa shape index (κ1) is 15.3. The van der Waals surface area contributed by atoms with Gasteiger partial charge in [-0.3, -0.25) is 0 Å². The fourth-order valence-corrected chi connectivity index (χ4v) is 2.09. The van der Waals surface area contributed by atoms with E-state index in [1.807, 2.05) is 6.92 Å². The van der Waals surface area contributed by atoms with Gasteiger partial charge >= 0.3 is 0 Å². The van der Waals surface area contributed by atoms with Crippen LogP contribution in [-0.4, -0.2) is 12.2 Å². The molecule has 0 radical (unpaired) electrons. The summed E-state index contributed by atoms with van der Waals surface area (Å²) in [5, 5.41) is 9.79. The van der Waals surface area contributed by atoms with Crippen LogP contribution in [0.25, 0.3) is 0 Å². The van der Waals surface area contributed by atoms with E-state index in [0.717, 1.165) is 11.1 Å². The van der Waals surface area contributed by atoms with E-state index < -0.39 is 6.10 Å². The van der Waals surface area contributed by atoms with Crippen LogP contribution in [-0.2, 0) is 6.61 Å². The third-order valence-electron chi connectivity index (χ3n) is 3.36. The summed E-state index contributed by atoms with van der Waals surface area (Å²) in [7, 11) is 1.57. The van der Waals surface area contributed by atoms with Crippen LogP contribution in [0.2, 0.25) is 0 Å². The second-order valence-electron chi connectivity index (χ2n) is 4.94. The van der Waals surface area contributed by atoms with E-state index in [-0.39, 0.29) is 5.82 Å². The number of aliphatic hydroxyl groups is 1. The second kappa shape index (κ2) is 6.59. The van der Waals surface area contributed by atoms with Gasteiger partial charge in [0.1, 0.15) is 23.9 Å². The molecule has 2 aromatic rings. The Hall–Kier alpha value is -2.07. The van der Waals surface area contributed by atoms with Crippen molar-refractivity contribution in [3.05, 3.63) is 58.9 Å². The maximum absolute atomic E-state index is 13.1. The number of rotatable bonds is 5. The van der Waals surface area contributed by atoms with Crippen LogP contribution >= 0.6 is 0 Å². The van der Waals surface area contributed by atoms with Crippen molar-refractivity contribution in [2.45, 2.75) is 26.6 Å². The summed E-state index contributed by atoms with van der Waals surface area (Å²) in [4.78, 5) is 0. The Morgan fingerprint density at radius 1 is 1.19 bits per heavy atom. The van der Waals surface area contributed by atoms with Gasteiger partial charge < -0.3 is 14.6 Å². The Morgan fingerprint density at radius 2 is 1.95 bits per heavy atom. The lowest BCUT2D eigenvalue weighted by atomic mass is 10.1.